The summed E-state index contributed by atoms with van der Waals surface area (Å²) in [5.74, 6) is 0.268. The topological polar surface area (TPSA) is 35.5 Å². The quantitative estimate of drug-likeness (QED) is 0.745. The highest BCUT2D eigenvalue weighted by atomic mass is 35.5. The van der Waals surface area contributed by atoms with Gasteiger partial charge < -0.3 is 9.47 Å². The van der Waals surface area contributed by atoms with Gasteiger partial charge in [0.15, 0.2) is 6.61 Å². The van der Waals surface area contributed by atoms with E-state index in [0.717, 1.165) is 12.0 Å². The van der Waals surface area contributed by atoms with Gasteiger partial charge in [0.1, 0.15) is 5.75 Å². The minimum Gasteiger partial charge on any atom is -0.482 e. The maximum Gasteiger partial charge on any atom is 0.344 e. The van der Waals surface area contributed by atoms with Gasteiger partial charge in [-0.15, -0.1) is 0 Å². The highest BCUT2D eigenvalue weighted by Gasteiger charge is 2.05. The maximum absolute atomic E-state index is 11.1. The van der Waals surface area contributed by atoms with Crippen LogP contribution < -0.4 is 4.74 Å². The van der Waals surface area contributed by atoms with E-state index in [-0.39, 0.29) is 12.6 Å². The van der Waals surface area contributed by atoms with Gasteiger partial charge in [-0.05, 0) is 37.1 Å². The monoisotopic (exact) mass is 242 g/mol. The number of hydrogen-bond acceptors (Lipinski definition) is 3. The summed E-state index contributed by atoms with van der Waals surface area (Å²) in [5.41, 5.74) is 1.00. The molecule has 0 saturated heterocycles. The molecule has 0 spiro atoms. The summed E-state index contributed by atoms with van der Waals surface area (Å²) in [6.45, 7) is 4.06. The van der Waals surface area contributed by atoms with Crippen LogP contribution in [0.1, 0.15) is 19.4 Å². The molecule has 0 amide bonds. The number of benzene rings is 1. The number of aryl methyl sites for hydroxylation is 1. The Morgan fingerprint density at radius 2 is 2.12 bits per heavy atom. The van der Waals surface area contributed by atoms with E-state index in [1.54, 1.807) is 19.1 Å². The van der Waals surface area contributed by atoms with Gasteiger partial charge in [-0.1, -0.05) is 18.5 Å². The number of esters is 1. The zero-order valence-corrected chi connectivity index (χ0v) is 10.2. The molecule has 88 valence electrons. The third-order valence-corrected chi connectivity index (χ3v) is 2.43. The Hall–Kier alpha value is -1.22. The zero-order chi connectivity index (χ0) is 12.0. The molecule has 1 aromatic rings. The summed E-state index contributed by atoms with van der Waals surface area (Å²) in [7, 11) is 0. The lowest BCUT2D eigenvalue weighted by Gasteiger charge is -2.08. The summed E-state index contributed by atoms with van der Waals surface area (Å²) in [5, 5.41) is 0.714. The number of carbonyl (C=O) groups excluding carboxylic acids is 1. The molecule has 0 N–H and O–H groups in total. The van der Waals surface area contributed by atoms with Gasteiger partial charge in [0, 0.05) is 5.02 Å². The van der Waals surface area contributed by atoms with Crippen LogP contribution in [0.3, 0.4) is 0 Å². The van der Waals surface area contributed by atoms with E-state index in [1.807, 2.05) is 13.0 Å². The Kier molecular flexibility index (Phi) is 5.12. The molecule has 1 rings (SSSR count). The number of ether oxygens (including phenoxy) is 2. The van der Waals surface area contributed by atoms with Crippen LogP contribution in [0, 0.1) is 0 Å². The second-order valence-corrected chi connectivity index (χ2v) is 3.61. The lowest BCUT2D eigenvalue weighted by atomic mass is 10.1. The van der Waals surface area contributed by atoms with Gasteiger partial charge in [0.05, 0.1) is 6.61 Å². The molecule has 0 aliphatic carbocycles. The van der Waals surface area contributed by atoms with E-state index in [9.17, 15) is 4.79 Å². The average molecular weight is 243 g/mol. The molecule has 4 heteroatoms. The SMILES string of the molecule is CCOC(=O)COc1ccc(Cl)c(CC)c1. The van der Waals surface area contributed by atoms with Gasteiger partial charge in [0.25, 0.3) is 0 Å². The Bertz CT molecular complexity index is 363. The molecule has 0 aliphatic rings. The number of halogens is 1. The first-order chi connectivity index (χ1) is 7.67. The van der Waals surface area contributed by atoms with Gasteiger partial charge in [-0.2, -0.15) is 0 Å². The van der Waals surface area contributed by atoms with E-state index in [2.05, 4.69) is 0 Å². The summed E-state index contributed by atoms with van der Waals surface area (Å²) < 4.78 is 10.0. The average Bonchev–Trinajstić information content (AvgIpc) is 2.28. The molecule has 0 aliphatic heterocycles. The molecule has 0 heterocycles. The number of rotatable bonds is 5. The van der Waals surface area contributed by atoms with Crippen LogP contribution in [-0.4, -0.2) is 19.2 Å². The van der Waals surface area contributed by atoms with Crippen LogP contribution in [0.4, 0.5) is 0 Å². The molecule has 0 atom stereocenters. The molecule has 3 nitrogen and oxygen atoms in total. The van der Waals surface area contributed by atoms with Gasteiger partial charge in [-0.25, -0.2) is 4.79 Å². The van der Waals surface area contributed by atoms with E-state index in [1.165, 1.54) is 0 Å². The summed E-state index contributed by atoms with van der Waals surface area (Å²) >= 11 is 5.96. The highest BCUT2D eigenvalue weighted by molar-refractivity contribution is 6.31. The van der Waals surface area contributed by atoms with Crippen LogP contribution in [0.5, 0.6) is 5.75 Å². The van der Waals surface area contributed by atoms with Crippen molar-refractivity contribution in [3.8, 4) is 5.75 Å². The Labute approximate surface area is 100 Å². The van der Waals surface area contributed by atoms with Crippen LogP contribution in [0.25, 0.3) is 0 Å². The Morgan fingerprint density at radius 3 is 2.75 bits per heavy atom. The van der Waals surface area contributed by atoms with Crippen molar-refractivity contribution in [1.29, 1.82) is 0 Å². The molecule has 1 aromatic carbocycles. The predicted molar refractivity (Wildman–Crippen MR) is 63.0 cm³/mol. The zero-order valence-electron chi connectivity index (χ0n) is 9.46. The van der Waals surface area contributed by atoms with Crippen molar-refractivity contribution in [1.82, 2.24) is 0 Å². The number of hydrogen-bond donors (Lipinski definition) is 0. The summed E-state index contributed by atoms with van der Waals surface area (Å²) in [6.07, 6.45) is 0.829. The van der Waals surface area contributed by atoms with Crippen LogP contribution in [0.2, 0.25) is 5.02 Å². The molecule has 0 saturated carbocycles. The first kappa shape index (κ1) is 12.8. The van der Waals surface area contributed by atoms with Gasteiger partial charge in [-0.3, -0.25) is 0 Å². The molecular weight excluding hydrogens is 228 g/mol. The van der Waals surface area contributed by atoms with Crippen molar-refractivity contribution in [2.75, 3.05) is 13.2 Å². The fourth-order valence-electron chi connectivity index (χ4n) is 1.26. The predicted octanol–water partition coefficient (Wildman–Crippen LogP) is 2.84. The van der Waals surface area contributed by atoms with Crippen molar-refractivity contribution < 1.29 is 14.3 Å². The molecule has 0 fully saturated rings. The van der Waals surface area contributed by atoms with Crippen molar-refractivity contribution in [3.63, 3.8) is 0 Å². The third kappa shape index (κ3) is 3.74. The van der Waals surface area contributed by atoms with Crippen LogP contribution in [-0.2, 0) is 16.0 Å². The van der Waals surface area contributed by atoms with E-state index < -0.39 is 0 Å². The highest BCUT2D eigenvalue weighted by Crippen LogP contribution is 2.22. The van der Waals surface area contributed by atoms with E-state index in [4.69, 9.17) is 21.1 Å². The third-order valence-electron chi connectivity index (χ3n) is 2.06. The van der Waals surface area contributed by atoms with Crippen molar-refractivity contribution in [3.05, 3.63) is 28.8 Å². The first-order valence-corrected chi connectivity index (χ1v) is 5.62. The molecule has 0 aromatic heterocycles. The number of carbonyl (C=O) groups is 1. The molecule has 0 radical (unpaired) electrons. The van der Waals surface area contributed by atoms with Gasteiger partial charge in [0.2, 0.25) is 0 Å². The normalized spacial score (nSPS) is 9.94. The maximum atomic E-state index is 11.1. The van der Waals surface area contributed by atoms with Crippen molar-refractivity contribution >= 4 is 17.6 Å². The molecule has 0 bridgehead atoms. The van der Waals surface area contributed by atoms with Crippen molar-refractivity contribution in [2.24, 2.45) is 0 Å². The van der Waals surface area contributed by atoms with Crippen LogP contribution >= 0.6 is 11.6 Å². The molecular formula is C12H15ClO3. The second-order valence-electron chi connectivity index (χ2n) is 3.20. The van der Waals surface area contributed by atoms with Crippen molar-refractivity contribution in [2.45, 2.75) is 20.3 Å². The lowest BCUT2D eigenvalue weighted by molar-refractivity contribution is -0.145. The molecule has 16 heavy (non-hydrogen) atoms. The minimum absolute atomic E-state index is 0.0708. The van der Waals surface area contributed by atoms with E-state index >= 15 is 0 Å². The smallest absolute Gasteiger partial charge is 0.344 e. The van der Waals surface area contributed by atoms with Gasteiger partial charge >= 0.3 is 5.97 Å². The largest absolute Gasteiger partial charge is 0.482 e. The fourth-order valence-corrected chi connectivity index (χ4v) is 1.51. The lowest BCUT2D eigenvalue weighted by Crippen LogP contribution is -2.14. The summed E-state index contributed by atoms with van der Waals surface area (Å²) in [6, 6.07) is 5.34. The summed E-state index contributed by atoms with van der Waals surface area (Å²) in [4.78, 5) is 11.1. The Balaban J connectivity index is 2.57. The Morgan fingerprint density at radius 1 is 1.38 bits per heavy atom. The van der Waals surface area contributed by atoms with E-state index in [0.29, 0.717) is 17.4 Å². The van der Waals surface area contributed by atoms with Crippen LogP contribution in [0.15, 0.2) is 18.2 Å². The first-order valence-electron chi connectivity index (χ1n) is 5.24. The fraction of sp³-hybridized carbons (Fsp3) is 0.417. The minimum atomic E-state index is -0.365. The second kappa shape index (κ2) is 6.38. The molecule has 0 unspecified atom stereocenters. The standard InChI is InChI=1S/C12H15ClO3/c1-3-9-7-10(5-6-11(9)13)16-8-12(14)15-4-2/h5-7H,3-4,8H2,1-2H3.